The average molecular weight is 434 g/mol. The van der Waals surface area contributed by atoms with E-state index in [1.54, 1.807) is 23.1 Å². The van der Waals surface area contributed by atoms with E-state index in [0.717, 1.165) is 11.1 Å². The van der Waals surface area contributed by atoms with Crippen LogP contribution in [0.4, 0.5) is 0 Å². The molecule has 0 aliphatic heterocycles. The van der Waals surface area contributed by atoms with Gasteiger partial charge < -0.3 is 19.5 Å². The van der Waals surface area contributed by atoms with Gasteiger partial charge in [-0.3, -0.25) is 4.79 Å². The van der Waals surface area contributed by atoms with E-state index in [-0.39, 0.29) is 18.1 Å². The number of hydrogen-bond acceptors (Lipinski definition) is 4. The van der Waals surface area contributed by atoms with Crippen LogP contribution in [0.25, 0.3) is 0 Å². The highest BCUT2D eigenvalue weighted by Crippen LogP contribution is 2.19. The van der Waals surface area contributed by atoms with Gasteiger partial charge in [0.1, 0.15) is 17.1 Å². The highest BCUT2D eigenvalue weighted by Gasteiger charge is 2.13. The van der Waals surface area contributed by atoms with Crippen molar-refractivity contribution < 1.29 is 24.2 Å². The average Bonchev–Trinajstić information content (AvgIpc) is 2.82. The van der Waals surface area contributed by atoms with Gasteiger partial charge in [-0.25, -0.2) is 4.79 Å². The maximum absolute atomic E-state index is 12.5. The molecule has 0 spiro atoms. The van der Waals surface area contributed by atoms with Crippen LogP contribution < -0.4 is 9.47 Å². The Kier molecular flexibility index (Phi) is 8.26. The zero-order valence-electron chi connectivity index (χ0n) is 18.1. The first-order chi connectivity index (χ1) is 15.6. The number of carbonyl (C=O) groups excluding carboxylic acids is 1. The van der Waals surface area contributed by atoms with Gasteiger partial charge in [-0.1, -0.05) is 54.6 Å². The number of nitrogens with zero attached hydrogens (tertiary/aromatic N) is 1. The van der Waals surface area contributed by atoms with Crippen LogP contribution in [0.1, 0.15) is 28.4 Å². The molecule has 0 unspecified atom stereocenters. The Hall–Kier alpha value is -3.80. The zero-order chi connectivity index (χ0) is 22.8. The van der Waals surface area contributed by atoms with E-state index >= 15 is 0 Å². The quantitative estimate of drug-likeness (QED) is 0.484. The second kappa shape index (κ2) is 11.6. The lowest BCUT2D eigenvalue weighted by Crippen LogP contribution is -2.34. The first kappa shape index (κ1) is 22.9. The Balaban J connectivity index is 1.46. The van der Waals surface area contributed by atoms with E-state index in [2.05, 4.69) is 0 Å². The molecule has 6 heteroatoms. The van der Waals surface area contributed by atoms with Crippen molar-refractivity contribution in [3.05, 3.63) is 95.6 Å². The summed E-state index contributed by atoms with van der Waals surface area (Å²) in [6, 6.07) is 23.9. The molecule has 3 rings (SSSR count). The first-order valence-corrected chi connectivity index (χ1v) is 10.6. The van der Waals surface area contributed by atoms with Crippen molar-refractivity contribution in [2.75, 3.05) is 19.8 Å². The fraction of sp³-hybridized carbons (Fsp3) is 0.231. The monoisotopic (exact) mass is 433 g/mol. The van der Waals surface area contributed by atoms with E-state index in [1.807, 2.05) is 61.5 Å². The zero-order valence-corrected chi connectivity index (χ0v) is 18.1. The molecule has 0 fully saturated rings. The minimum atomic E-state index is -1.01. The molecular formula is C26H27NO5. The van der Waals surface area contributed by atoms with Gasteiger partial charge in [-0.2, -0.15) is 0 Å². The fourth-order valence-electron chi connectivity index (χ4n) is 3.22. The molecule has 6 nitrogen and oxygen atoms in total. The Morgan fingerprint density at radius 1 is 0.844 bits per heavy atom. The lowest BCUT2D eigenvalue weighted by molar-refractivity contribution is -0.133. The number of aromatic carboxylic acids is 1. The molecule has 32 heavy (non-hydrogen) atoms. The smallest absolute Gasteiger partial charge is 0.339 e. The molecule has 0 atom stereocenters. The summed E-state index contributed by atoms with van der Waals surface area (Å²) in [6.07, 6.45) is 0.619. The van der Waals surface area contributed by atoms with Gasteiger partial charge in [-0.05, 0) is 42.3 Å². The third-order valence-corrected chi connectivity index (χ3v) is 5.00. The third kappa shape index (κ3) is 6.60. The fourth-order valence-corrected chi connectivity index (χ4v) is 3.22. The Labute approximate surface area is 188 Å². The molecule has 0 heterocycles. The summed E-state index contributed by atoms with van der Waals surface area (Å²) < 4.78 is 11.3. The molecule has 3 aromatic rings. The molecule has 0 aromatic heterocycles. The van der Waals surface area contributed by atoms with Crippen molar-refractivity contribution in [2.45, 2.75) is 19.9 Å². The molecule has 0 saturated heterocycles. The molecule has 0 saturated carbocycles. The van der Waals surface area contributed by atoms with Crippen LogP contribution >= 0.6 is 0 Å². The summed E-state index contributed by atoms with van der Waals surface area (Å²) in [5.41, 5.74) is 2.25. The largest absolute Gasteiger partial charge is 0.492 e. The number of carboxylic acid groups (broad SMARTS) is 1. The lowest BCUT2D eigenvalue weighted by atomic mass is 10.1. The van der Waals surface area contributed by atoms with Gasteiger partial charge >= 0.3 is 5.97 Å². The van der Waals surface area contributed by atoms with Crippen LogP contribution in [0.5, 0.6) is 11.5 Å². The molecule has 1 N–H and O–H groups in total. The van der Waals surface area contributed by atoms with Crippen molar-refractivity contribution in [1.82, 2.24) is 4.90 Å². The number of para-hydroxylation sites is 1. The molecular weight excluding hydrogens is 406 g/mol. The first-order valence-electron chi connectivity index (χ1n) is 10.6. The summed E-state index contributed by atoms with van der Waals surface area (Å²) in [4.78, 5) is 25.5. The lowest BCUT2D eigenvalue weighted by Gasteiger charge is -2.21. The van der Waals surface area contributed by atoms with Crippen LogP contribution in [0.2, 0.25) is 0 Å². The van der Waals surface area contributed by atoms with Crippen LogP contribution in [0, 0.1) is 0 Å². The normalized spacial score (nSPS) is 10.4. The predicted molar refractivity (Wildman–Crippen MR) is 122 cm³/mol. The molecule has 0 aliphatic rings. The van der Waals surface area contributed by atoms with Crippen molar-refractivity contribution in [1.29, 1.82) is 0 Å². The van der Waals surface area contributed by atoms with E-state index in [4.69, 9.17) is 9.47 Å². The predicted octanol–water partition coefficient (Wildman–Crippen LogP) is 4.43. The number of carboxylic acids is 1. The molecule has 0 aliphatic carbocycles. The highest BCUT2D eigenvalue weighted by molar-refractivity contribution is 5.90. The minimum Gasteiger partial charge on any atom is -0.492 e. The van der Waals surface area contributed by atoms with Crippen LogP contribution in [-0.4, -0.2) is 41.6 Å². The van der Waals surface area contributed by atoms with Gasteiger partial charge in [0.2, 0.25) is 0 Å². The SMILES string of the molecule is CCN(Cc1ccccc1)C(=O)COc1ccc(CCOc2ccccc2C(=O)O)cc1. The van der Waals surface area contributed by atoms with Crippen molar-refractivity contribution >= 4 is 11.9 Å². The topological polar surface area (TPSA) is 76.1 Å². The molecule has 1 amide bonds. The molecule has 0 radical (unpaired) electrons. The maximum Gasteiger partial charge on any atom is 0.339 e. The van der Waals surface area contributed by atoms with Gasteiger partial charge in [0.25, 0.3) is 5.91 Å². The number of amides is 1. The number of carbonyl (C=O) groups is 2. The van der Waals surface area contributed by atoms with E-state index in [9.17, 15) is 14.7 Å². The van der Waals surface area contributed by atoms with E-state index in [0.29, 0.717) is 37.6 Å². The summed E-state index contributed by atoms with van der Waals surface area (Å²) in [5, 5.41) is 9.21. The van der Waals surface area contributed by atoms with Crippen LogP contribution in [0.3, 0.4) is 0 Å². The molecule has 0 bridgehead atoms. The van der Waals surface area contributed by atoms with Gasteiger partial charge in [-0.15, -0.1) is 0 Å². The summed E-state index contributed by atoms with van der Waals surface area (Å²) >= 11 is 0. The van der Waals surface area contributed by atoms with Crippen molar-refractivity contribution in [3.63, 3.8) is 0 Å². The third-order valence-electron chi connectivity index (χ3n) is 5.00. The highest BCUT2D eigenvalue weighted by atomic mass is 16.5. The number of rotatable bonds is 11. The van der Waals surface area contributed by atoms with Crippen molar-refractivity contribution in [2.24, 2.45) is 0 Å². The van der Waals surface area contributed by atoms with Gasteiger partial charge in [0.05, 0.1) is 6.61 Å². The Morgan fingerprint density at radius 3 is 2.22 bits per heavy atom. The van der Waals surface area contributed by atoms with Gasteiger partial charge in [0.15, 0.2) is 6.61 Å². The Bertz CT molecular complexity index is 1020. The second-order valence-electron chi connectivity index (χ2n) is 7.23. The summed E-state index contributed by atoms with van der Waals surface area (Å²) in [7, 11) is 0. The second-order valence-corrected chi connectivity index (χ2v) is 7.23. The maximum atomic E-state index is 12.5. The summed E-state index contributed by atoms with van der Waals surface area (Å²) in [5.74, 6) is -0.0996. The molecule has 166 valence electrons. The minimum absolute atomic E-state index is 0.0187. The van der Waals surface area contributed by atoms with E-state index in [1.165, 1.54) is 6.07 Å². The number of ether oxygens (including phenoxy) is 2. The summed E-state index contributed by atoms with van der Waals surface area (Å²) in [6.45, 7) is 3.46. The van der Waals surface area contributed by atoms with Crippen LogP contribution in [-0.2, 0) is 17.8 Å². The standard InChI is InChI=1S/C26H27NO5/c1-2-27(18-21-8-4-3-5-9-21)25(28)19-32-22-14-12-20(13-15-22)16-17-31-24-11-7-6-10-23(24)26(29)30/h3-15H,2,16-19H2,1H3,(H,29,30). The Morgan fingerprint density at radius 2 is 1.53 bits per heavy atom. The number of likely N-dealkylation sites (N-methyl/N-ethyl adjacent to an activating group) is 1. The van der Waals surface area contributed by atoms with Crippen LogP contribution in [0.15, 0.2) is 78.9 Å². The van der Waals surface area contributed by atoms with E-state index < -0.39 is 5.97 Å². The number of benzene rings is 3. The number of hydrogen-bond donors (Lipinski definition) is 1. The molecule has 3 aromatic carbocycles. The van der Waals surface area contributed by atoms with Gasteiger partial charge in [0, 0.05) is 19.5 Å². The van der Waals surface area contributed by atoms with Crippen molar-refractivity contribution in [3.8, 4) is 11.5 Å².